The number of aliphatic hydroxyl groups excluding tert-OH is 1. The number of hydrogen-bond donors (Lipinski definition) is 1. The smallest absolute Gasteiger partial charge is 0.164 e. The predicted octanol–water partition coefficient (Wildman–Crippen LogP) is 12.2. The summed E-state index contributed by atoms with van der Waals surface area (Å²) in [5, 5.41) is 16.3. The van der Waals surface area contributed by atoms with Crippen LogP contribution in [0.3, 0.4) is 0 Å². The first-order valence-corrected chi connectivity index (χ1v) is 17.7. The fourth-order valence-corrected chi connectivity index (χ4v) is 7.66. The molecule has 6 aromatic rings. The van der Waals surface area contributed by atoms with Crippen LogP contribution < -0.4 is 0 Å². The fourth-order valence-electron chi connectivity index (χ4n) is 6.37. The van der Waals surface area contributed by atoms with E-state index in [1.807, 2.05) is 41.5 Å². The molecular formula is C42H47IrN2O2S-. The molecule has 0 aliphatic carbocycles. The van der Waals surface area contributed by atoms with Crippen molar-refractivity contribution in [2.24, 2.45) is 10.8 Å². The van der Waals surface area contributed by atoms with Crippen molar-refractivity contribution >= 4 is 59.0 Å². The molecule has 0 bridgehead atoms. The number of rotatable bonds is 8. The van der Waals surface area contributed by atoms with Crippen LogP contribution in [0.4, 0.5) is 0 Å². The summed E-state index contributed by atoms with van der Waals surface area (Å²) in [4.78, 5) is 21.6. The number of hydrogen-bond acceptors (Lipinski definition) is 5. The van der Waals surface area contributed by atoms with Crippen molar-refractivity contribution in [3.05, 3.63) is 95.5 Å². The number of aryl methyl sites for hydroxylation is 3. The van der Waals surface area contributed by atoms with Crippen LogP contribution in [-0.4, -0.2) is 20.9 Å². The number of allylic oxidation sites excluding steroid dienone is 2. The Balaban J connectivity index is 0.000000251. The summed E-state index contributed by atoms with van der Waals surface area (Å²) in [6, 6.07) is 23.2. The summed E-state index contributed by atoms with van der Waals surface area (Å²) in [7, 11) is 0. The second-order valence-corrected chi connectivity index (χ2v) is 14.5. The molecule has 1 radical (unpaired) electrons. The topological polar surface area (TPSA) is 63.1 Å². The fraction of sp³-hybridized carbons (Fsp3) is 0.357. The molecule has 253 valence electrons. The van der Waals surface area contributed by atoms with Gasteiger partial charge in [-0.05, 0) is 50.3 Å². The molecule has 0 saturated heterocycles. The van der Waals surface area contributed by atoms with Crippen LogP contribution in [0.5, 0.6) is 0 Å². The molecule has 0 atom stereocenters. The molecule has 0 saturated carbocycles. The Labute approximate surface area is 303 Å². The average molecular weight is 836 g/mol. The van der Waals surface area contributed by atoms with Gasteiger partial charge in [-0.25, -0.2) is 4.98 Å². The van der Waals surface area contributed by atoms with Crippen LogP contribution in [0, 0.1) is 37.7 Å². The summed E-state index contributed by atoms with van der Waals surface area (Å²) in [6.07, 6.45) is 6.44. The maximum Gasteiger partial charge on any atom is 0.164 e. The third-order valence-electron chi connectivity index (χ3n) is 10.5. The van der Waals surface area contributed by atoms with E-state index in [1.54, 1.807) is 17.7 Å². The van der Waals surface area contributed by atoms with Gasteiger partial charge in [-0.3, -0.25) is 9.78 Å². The van der Waals surface area contributed by atoms with Crippen LogP contribution in [0.15, 0.2) is 72.8 Å². The number of carbonyl (C=O) groups is 1. The summed E-state index contributed by atoms with van der Waals surface area (Å²) < 4.78 is 2.40. The normalized spacial score (nSPS) is 12.3. The van der Waals surface area contributed by atoms with E-state index in [9.17, 15) is 9.90 Å². The maximum atomic E-state index is 12.2. The second kappa shape index (κ2) is 15.0. The zero-order chi connectivity index (χ0) is 34.1. The number of aliphatic hydroxyl groups is 1. The molecule has 0 aliphatic heterocycles. The summed E-state index contributed by atoms with van der Waals surface area (Å²) in [5.41, 5.74) is 6.24. The van der Waals surface area contributed by atoms with E-state index in [2.05, 4.69) is 86.4 Å². The molecule has 0 fully saturated rings. The van der Waals surface area contributed by atoms with E-state index in [1.165, 1.54) is 49.0 Å². The first-order valence-electron chi connectivity index (χ1n) is 16.8. The first-order chi connectivity index (χ1) is 22.4. The van der Waals surface area contributed by atoms with Gasteiger partial charge in [0.25, 0.3) is 0 Å². The zero-order valence-electron chi connectivity index (χ0n) is 29.7. The van der Waals surface area contributed by atoms with Gasteiger partial charge < -0.3 is 5.11 Å². The average Bonchev–Trinajstić information content (AvgIpc) is 3.46. The van der Waals surface area contributed by atoms with Gasteiger partial charge in [0.2, 0.25) is 0 Å². The molecule has 4 nitrogen and oxygen atoms in total. The Morgan fingerprint density at radius 1 is 0.833 bits per heavy atom. The van der Waals surface area contributed by atoms with E-state index in [-0.39, 0.29) is 42.5 Å². The van der Waals surface area contributed by atoms with Crippen molar-refractivity contribution in [1.82, 2.24) is 9.97 Å². The standard InChI is InChI=1S/C27H19N2S.C15H28O2.Ir/c1-15-10-16(2)23-17(3)12-20(13-19(23)11-15)24-27-25(29-14-28-24)22-9-8-18-6-4-5-7-21(18)26(22)30-27;1-7-14(5,8-2)12(16)11-13(17)15(6,9-3)10-4;/h4-12,14H,1-3H3;11,16H,7-10H2,1-6H3;/q-1;;/b;12-11-;. The number of aromatic nitrogens is 2. The van der Waals surface area contributed by atoms with Crippen LogP contribution in [0.1, 0.15) is 83.9 Å². The zero-order valence-corrected chi connectivity index (χ0v) is 32.9. The molecule has 4 aromatic carbocycles. The van der Waals surface area contributed by atoms with E-state index >= 15 is 0 Å². The van der Waals surface area contributed by atoms with Gasteiger partial charge >= 0.3 is 0 Å². The molecule has 0 unspecified atom stereocenters. The van der Waals surface area contributed by atoms with Crippen molar-refractivity contribution in [2.45, 2.75) is 88.0 Å². The summed E-state index contributed by atoms with van der Waals surface area (Å²) in [5.74, 6) is 0.286. The number of nitrogens with zero attached hydrogens (tertiary/aromatic N) is 2. The SMILES string of the molecule is CCC(C)(CC)C(=O)/C=C(\O)C(C)(CC)CC.Cc1cc(C)c2c(C)cc(-c3ncnc4c3sc3c5ccccc5ccc43)[c-]c2c1.[Ir]. The Hall–Kier alpha value is -3.44. The van der Waals surface area contributed by atoms with Crippen molar-refractivity contribution < 1.29 is 30.0 Å². The number of thiophene rings is 1. The van der Waals surface area contributed by atoms with Crippen LogP contribution in [0.25, 0.3) is 53.1 Å². The molecule has 0 spiro atoms. The summed E-state index contributed by atoms with van der Waals surface area (Å²) in [6.45, 7) is 18.6. The molecule has 6 rings (SSSR count). The second-order valence-electron chi connectivity index (χ2n) is 13.5. The summed E-state index contributed by atoms with van der Waals surface area (Å²) >= 11 is 1.79. The quantitative estimate of drug-likeness (QED) is 0.0942. The van der Waals surface area contributed by atoms with Crippen molar-refractivity contribution in [1.29, 1.82) is 0 Å². The molecule has 6 heteroatoms. The Kier molecular flexibility index (Phi) is 11.7. The Morgan fingerprint density at radius 2 is 1.48 bits per heavy atom. The van der Waals surface area contributed by atoms with Crippen LogP contribution in [0.2, 0.25) is 0 Å². The van der Waals surface area contributed by atoms with E-state index in [4.69, 9.17) is 4.98 Å². The minimum absolute atomic E-state index is 0. The molecule has 48 heavy (non-hydrogen) atoms. The van der Waals surface area contributed by atoms with Gasteiger partial charge in [0.05, 0.1) is 5.52 Å². The minimum Gasteiger partial charge on any atom is -0.512 e. The van der Waals surface area contributed by atoms with Crippen molar-refractivity contribution in [3.63, 3.8) is 0 Å². The van der Waals surface area contributed by atoms with Gasteiger partial charge in [-0.1, -0.05) is 113 Å². The minimum atomic E-state index is -0.337. The van der Waals surface area contributed by atoms with E-state index in [0.717, 1.165) is 52.5 Å². The number of ketones is 1. The largest absolute Gasteiger partial charge is 0.512 e. The number of carbonyl (C=O) groups excluding carboxylic acids is 1. The maximum absolute atomic E-state index is 12.2. The van der Waals surface area contributed by atoms with Crippen LogP contribution >= 0.6 is 11.3 Å². The van der Waals surface area contributed by atoms with Crippen molar-refractivity contribution in [3.8, 4) is 11.3 Å². The molecular weight excluding hydrogens is 789 g/mol. The first kappa shape index (κ1) is 37.4. The van der Waals surface area contributed by atoms with Gasteiger partial charge in [-0.15, -0.1) is 40.5 Å². The van der Waals surface area contributed by atoms with Gasteiger partial charge in [0.15, 0.2) is 5.78 Å². The molecule has 0 amide bonds. The van der Waals surface area contributed by atoms with Gasteiger partial charge in [0.1, 0.15) is 12.1 Å². The molecule has 0 aliphatic rings. The van der Waals surface area contributed by atoms with Crippen molar-refractivity contribution in [2.75, 3.05) is 0 Å². The van der Waals surface area contributed by atoms with Crippen LogP contribution in [-0.2, 0) is 24.9 Å². The molecule has 2 heterocycles. The molecule has 1 N–H and O–H groups in total. The monoisotopic (exact) mass is 836 g/mol. The van der Waals surface area contributed by atoms with E-state index < -0.39 is 0 Å². The molecule has 2 aromatic heterocycles. The Bertz CT molecular complexity index is 2140. The third kappa shape index (κ3) is 6.99. The number of fused-ring (bicyclic) bond motifs is 6. The number of benzene rings is 4. The third-order valence-corrected chi connectivity index (χ3v) is 11.7. The van der Waals surface area contributed by atoms with Gasteiger partial charge in [-0.2, -0.15) is 0 Å². The Morgan fingerprint density at radius 3 is 2.15 bits per heavy atom. The van der Waals surface area contributed by atoms with E-state index in [0.29, 0.717) is 0 Å². The predicted molar refractivity (Wildman–Crippen MR) is 202 cm³/mol. The van der Waals surface area contributed by atoms with Gasteiger partial charge in [0, 0.05) is 57.5 Å².